The van der Waals surface area contributed by atoms with E-state index in [4.69, 9.17) is 0 Å². The first-order valence-electron chi connectivity index (χ1n) is 7.92. The molecule has 0 fully saturated rings. The van der Waals surface area contributed by atoms with Crippen molar-refractivity contribution in [3.63, 3.8) is 0 Å². The van der Waals surface area contributed by atoms with Crippen LogP contribution in [0.5, 0.6) is 0 Å². The van der Waals surface area contributed by atoms with E-state index in [1.54, 1.807) is 23.1 Å². The van der Waals surface area contributed by atoms with Crippen LogP contribution in [0, 0.1) is 0 Å². The number of anilines is 1. The predicted octanol–water partition coefficient (Wildman–Crippen LogP) is 5.42. The topological polar surface area (TPSA) is 54.9 Å². The molecule has 0 saturated heterocycles. The minimum Gasteiger partial charge on any atom is -0.302 e. The first-order valence-corrected chi connectivity index (χ1v) is 10.5. The van der Waals surface area contributed by atoms with Crippen molar-refractivity contribution in [2.75, 3.05) is 11.1 Å². The quantitative estimate of drug-likeness (QED) is 0.356. The molecular formula is C18H15N3OS3. The number of thiazole rings is 2. The van der Waals surface area contributed by atoms with E-state index >= 15 is 0 Å². The second kappa shape index (κ2) is 7.51. The van der Waals surface area contributed by atoms with E-state index < -0.39 is 0 Å². The maximum absolute atomic E-state index is 12.1. The molecule has 0 unspecified atom stereocenters. The third-order valence-corrected chi connectivity index (χ3v) is 6.81. The van der Waals surface area contributed by atoms with E-state index in [2.05, 4.69) is 21.4 Å². The summed E-state index contributed by atoms with van der Waals surface area (Å²) in [6, 6.07) is 16.0. The molecule has 0 aliphatic rings. The van der Waals surface area contributed by atoms with Crippen molar-refractivity contribution in [3.05, 3.63) is 48.5 Å². The van der Waals surface area contributed by atoms with Gasteiger partial charge in [-0.05, 0) is 30.7 Å². The Bertz CT molecular complexity index is 958. The van der Waals surface area contributed by atoms with Crippen molar-refractivity contribution in [2.45, 2.75) is 17.2 Å². The van der Waals surface area contributed by atoms with Gasteiger partial charge < -0.3 is 5.32 Å². The number of aromatic nitrogens is 2. The number of hydrogen-bond donors (Lipinski definition) is 1. The summed E-state index contributed by atoms with van der Waals surface area (Å²) < 4.78 is 3.36. The largest absolute Gasteiger partial charge is 0.302 e. The summed E-state index contributed by atoms with van der Waals surface area (Å²) in [5.41, 5.74) is 1.97. The van der Waals surface area contributed by atoms with Crippen LogP contribution in [0.1, 0.15) is 12.8 Å². The van der Waals surface area contributed by atoms with Gasteiger partial charge in [-0.1, -0.05) is 47.4 Å². The predicted molar refractivity (Wildman–Crippen MR) is 108 cm³/mol. The lowest BCUT2D eigenvalue weighted by atomic mass is 10.3. The highest BCUT2D eigenvalue weighted by Gasteiger charge is 2.08. The first-order chi connectivity index (χ1) is 12.3. The summed E-state index contributed by atoms with van der Waals surface area (Å²) in [6.07, 6.45) is 1.31. The lowest BCUT2D eigenvalue weighted by Crippen LogP contribution is -2.11. The Labute approximate surface area is 157 Å². The molecule has 0 aliphatic carbocycles. The summed E-state index contributed by atoms with van der Waals surface area (Å²) >= 11 is 4.92. The van der Waals surface area contributed by atoms with E-state index in [0.29, 0.717) is 11.6 Å². The molecule has 2 aromatic heterocycles. The van der Waals surface area contributed by atoms with E-state index in [-0.39, 0.29) is 5.91 Å². The van der Waals surface area contributed by atoms with Gasteiger partial charge in [-0.3, -0.25) is 4.79 Å². The van der Waals surface area contributed by atoms with Gasteiger partial charge in [0.1, 0.15) is 0 Å². The van der Waals surface area contributed by atoms with Crippen molar-refractivity contribution in [2.24, 2.45) is 0 Å². The Morgan fingerprint density at radius 2 is 1.64 bits per heavy atom. The lowest BCUT2D eigenvalue weighted by Gasteiger charge is -2.00. The van der Waals surface area contributed by atoms with Gasteiger partial charge in [0.05, 0.1) is 20.4 Å². The maximum Gasteiger partial charge on any atom is 0.226 e. The van der Waals surface area contributed by atoms with Crippen LogP contribution in [0.3, 0.4) is 0 Å². The lowest BCUT2D eigenvalue weighted by molar-refractivity contribution is -0.116. The standard InChI is InChI=1S/C18H15N3OS3/c22-16(21-17-19-12-6-1-3-8-14(12)24-17)10-5-11-23-18-20-13-7-2-4-9-15(13)25-18/h1-4,6-9H,5,10-11H2,(H,19,21,22). The number of carbonyl (C=O) groups excluding carboxylic acids is 1. The third kappa shape index (κ3) is 4.00. The molecule has 4 aromatic rings. The van der Waals surface area contributed by atoms with E-state index in [1.807, 2.05) is 42.5 Å². The molecular weight excluding hydrogens is 370 g/mol. The van der Waals surface area contributed by atoms with Crippen LogP contribution in [-0.4, -0.2) is 21.6 Å². The van der Waals surface area contributed by atoms with E-state index in [0.717, 1.165) is 32.2 Å². The summed E-state index contributed by atoms with van der Waals surface area (Å²) in [4.78, 5) is 21.1. The zero-order valence-corrected chi connectivity index (χ0v) is 15.7. The van der Waals surface area contributed by atoms with Crippen molar-refractivity contribution in [1.82, 2.24) is 9.97 Å². The average Bonchev–Trinajstić information content (AvgIpc) is 3.21. The molecule has 0 bridgehead atoms. The number of carbonyl (C=O) groups is 1. The summed E-state index contributed by atoms with van der Waals surface area (Å²) in [5.74, 6) is 0.900. The van der Waals surface area contributed by atoms with Crippen LogP contribution in [0.15, 0.2) is 52.9 Å². The maximum atomic E-state index is 12.1. The highest BCUT2D eigenvalue weighted by molar-refractivity contribution is 8.01. The minimum absolute atomic E-state index is 0.0176. The molecule has 2 aromatic carbocycles. The zero-order valence-electron chi connectivity index (χ0n) is 13.3. The number of fused-ring (bicyclic) bond motifs is 2. The van der Waals surface area contributed by atoms with E-state index in [9.17, 15) is 4.79 Å². The second-order valence-electron chi connectivity index (χ2n) is 5.43. The monoisotopic (exact) mass is 385 g/mol. The number of nitrogens with one attached hydrogen (secondary N) is 1. The molecule has 25 heavy (non-hydrogen) atoms. The molecule has 0 spiro atoms. The van der Waals surface area contributed by atoms with Crippen molar-refractivity contribution in [3.8, 4) is 0 Å². The number of thioether (sulfide) groups is 1. The number of hydrogen-bond acceptors (Lipinski definition) is 6. The van der Waals surface area contributed by atoms with Gasteiger partial charge in [-0.2, -0.15) is 0 Å². The number of benzene rings is 2. The summed E-state index contributed by atoms with van der Waals surface area (Å²) in [7, 11) is 0. The Morgan fingerprint density at radius 1 is 0.960 bits per heavy atom. The fourth-order valence-corrected chi connectivity index (χ4v) is 5.37. The first kappa shape index (κ1) is 16.5. The van der Waals surface area contributed by atoms with Crippen LogP contribution >= 0.6 is 34.4 Å². The SMILES string of the molecule is O=C(CCCSc1nc2ccccc2s1)Nc1nc2ccccc2s1. The Hall–Kier alpha value is -1.96. The molecule has 4 rings (SSSR count). The van der Waals surface area contributed by atoms with Crippen molar-refractivity contribution < 1.29 is 4.79 Å². The van der Waals surface area contributed by atoms with Gasteiger partial charge in [0.25, 0.3) is 0 Å². The Balaban J connectivity index is 1.26. The van der Waals surface area contributed by atoms with Gasteiger partial charge in [-0.25, -0.2) is 9.97 Å². The van der Waals surface area contributed by atoms with Crippen LogP contribution in [0.2, 0.25) is 0 Å². The molecule has 0 aliphatic heterocycles. The average molecular weight is 386 g/mol. The Morgan fingerprint density at radius 3 is 2.36 bits per heavy atom. The number of amides is 1. The van der Waals surface area contributed by atoms with Crippen LogP contribution < -0.4 is 5.32 Å². The molecule has 1 N–H and O–H groups in total. The molecule has 126 valence electrons. The molecule has 4 nitrogen and oxygen atoms in total. The summed E-state index contributed by atoms with van der Waals surface area (Å²) in [6.45, 7) is 0. The molecule has 1 amide bonds. The summed E-state index contributed by atoms with van der Waals surface area (Å²) in [5, 5.41) is 3.57. The van der Waals surface area contributed by atoms with Gasteiger partial charge in [0.2, 0.25) is 5.91 Å². The Kier molecular flexibility index (Phi) is 4.96. The van der Waals surface area contributed by atoms with Crippen LogP contribution in [0.4, 0.5) is 5.13 Å². The van der Waals surface area contributed by atoms with Gasteiger partial charge in [0.15, 0.2) is 9.47 Å². The zero-order chi connectivity index (χ0) is 17.1. The fraction of sp³-hybridized carbons (Fsp3) is 0.167. The van der Waals surface area contributed by atoms with Crippen molar-refractivity contribution in [1.29, 1.82) is 0 Å². The molecule has 0 radical (unpaired) electrons. The van der Waals surface area contributed by atoms with Crippen molar-refractivity contribution >= 4 is 65.9 Å². The van der Waals surface area contributed by atoms with Gasteiger partial charge in [0, 0.05) is 12.2 Å². The fourth-order valence-electron chi connectivity index (χ4n) is 2.41. The molecule has 2 heterocycles. The smallest absolute Gasteiger partial charge is 0.226 e. The number of para-hydroxylation sites is 2. The number of rotatable bonds is 6. The second-order valence-corrected chi connectivity index (χ2v) is 8.84. The van der Waals surface area contributed by atoms with Gasteiger partial charge >= 0.3 is 0 Å². The highest BCUT2D eigenvalue weighted by atomic mass is 32.2. The molecule has 0 atom stereocenters. The van der Waals surface area contributed by atoms with Crippen LogP contribution in [0.25, 0.3) is 20.4 Å². The van der Waals surface area contributed by atoms with E-state index in [1.165, 1.54) is 16.0 Å². The third-order valence-electron chi connectivity index (χ3n) is 3.59. The number of nitrogens with zero attached hydrogens (tertiary/aromatic N) is 2. The van der Waals surface area contributed by atoms with Crippen LogP contribution in [-0.2, 0) is 4.79 Å². The molecule has 7 heteroatoms. The normalized spacial score (nSPS) is 11.2. The molecule has 0 saturated carbocycles. The van der Waals surface area contributed by atoms with Gasteiger partial charge in [-0.15, -0.1) is 11.3 Å². The highest BCUT2D eigenvalue weighted by Crippen LogP contribution is 2.30. The minimum atomic E-state index is 0.0176.